The molecule has 2 N–H and O–H groups in total. The molecule has 1 aromatic carbocycles. The van der Waals surface area contributed by atoms with Gasteiger partial charge in [-0.25, -0.2) is 4.79 Å². The van der Waals surface area contributed by atoms with E-state index in [1.54, 1.807) is 12.1 Å². The van der Waals surface area contributed by atoms with Gasteiger partial charge in [-0.2, -0.15) is 5.10 Å². The molecule has 21 heavy (non-hydrogen) atoms. The molecule has 0 saturated heterocycles. The zero-order chi connectivity index (χ0) is 15.2. The van der Waals surface area contributed by atoms with Gasteiger partial charge in [0.25, 0.3) is 0 Å². The highest BCUT2D eigenvalue weighted by molar-refractivity contribution is 6.33. The zero-order valence-corrected chi connectivity index (χ0v) is 12.9. The lowest BCUT2D eigenvalue weighted by atomic mass is 10.3. The molecule has 2 aromatic rings. The predicted octanol–water partition coefficient (Wildman–Crippen LogP) is 3.37. The first-order valence-electron chi connectivity index (χ1n) is 6.86. The fourth-order valence-corrected chi connectivity index (χ4v) is 2.24. The highest BCUT2D eigenvalue weighted by atomic mass is 35.5. The van der Waals surface area contributed by atoms with Gasteiger partial charge in [0.05, 0.1) is 16.4 Å². The van der Waals surface area contributed by atoms with E-state index >= 15 is 0 Å². The van der Waals surface area contributed by atoms with Gasteiger partial charge in [-0.1, -0.05) is 23.7 Å². The van der Waals surface area contributed by atoms with Crippen LogP contribution in [-0.2, 0) is 6.54 Å². The number of nitrogens with one attached hydrogen (secondary N) is 2. The SMILES string of the molecule is Cc1cc(C)n(CCCNC(=O)Nc2ccccc2Cl)n1. The minimum atomic E-state index is -0.253. The summed E-state index contributed by atoms with van der Waals surface area (Å²) >= 11 is 5.98. The van der Waals surface area contributed by atoms with Gasteiger partial charge in [0, 0.05) is 18.8 Å². The van der Waals surface area contributed by atoms with E-state index in [-0.39, 0.29) is 6.03 Å². The lowest BCUT2D eigenvalue weighted by Crippen LogP contribution is -2.30. The van der Waals surface area contributed by atoms with Crippen LogP contribution in [0.2, 0.25) is 5.02 Å². The normalized spacial score (nSPS) is 10.4. The summed E-state index contributed by atoms with van der Waals surface area (Å²) in [6, 6.07) is 8.93. The van der Waals surface area contributed by atoms with Crippen LogP contribution >= 0.6 is 11.6 Å². The lowest BCUT2D eigenvalue weighted by molar-refractivity contribution is 0.251. The van der Waals surface area contributed by atoms with Gasteiger partial charge in [-0.15, -0.1) is 0 Å². The summed E-state index contributed by atoms with van der Waals surface area (Å²) in [5.74, 6) is 0. The van der Waals surface area contributed by atoms with Crippen LogP contribution in [0.25, 0.3) is 0 Å². The number of hydrogen-bond donors (Lipinski definition) is 2. The van der Waals surface area contributed by atoms with Crippen molar-refractivity contribution in [3.05, 3.63) is 46.7 Å². The molecule has 0 aliphatic carbocycles. The molecule has 6 heteroatoms. The Balaban J connectivity index is 1.72. The fourth-order valence-electron chi connectivity index (χ4n) is 2.06. The smallest absolute Gasteiger partial charge is 0.319 e. The maximum absolute atomic E-state index is 11.7. The standard InChI is InChI=1S/C15H19ClN4O/c1-11-10-12(2)20(19-11)9-5-8-17-15(21)18-14-7-4-3-6-13(14)16/h3-4,6-7,10H,5,8-9H2,1-2H3,(H2,17,18,21). The summed E-state index contributed by atoms with van der Waals surface area (Å²) in [6.07, 6.45) is 0.817. The number of anilines is 1. The zero-order valence-electron chi connectivity index (χ0n) is 12.2. The molecule has 0 saturated carbocycles. The van der Waals surface area contributed by atoms with Crippen LogP contribution in [0.3, 0.4) is 0 Å². The van der Waals surface area contributed by atoms with Crippen LogP contribution in [0.15, 0.2) is 30.3 Å². The van der Waals surface area contributed by atoms with Crippen molar-refractivity contribution in [3.8, 4) is 0 Å². The molecule has 2 amide bonds. The average molecular weight is 307 g/mol. The van der Waals surface area contributed by atoms with Gasteiger partial charge in [0.1, 0.15) is 0 Å². The van der Waals surface area contributed by atoms with E-state index in [1.807, 2.05) is 36.7 Å². The number of halogens is 1. The Morgan fingerprint density at radius 2 is 2.10 bits per heavy atom. The average Bonchev–Trinajstić information content (AvgIpc) is 2.76. The van der Waals surface area contributed by atoms with Crippen molar-refractivity contribution in [1.29, 1.82) is 0 Å². The van der Waals surface area contributed by atoms with Crippen LogP contribution in [0.4, 0.5) is 10.5 Å². The number of carbonyl (C=O) groups is 1. The highest BCUT2D eigenvalue weighted by Crippen LogP contribution is 2.19. The van der Waals surface area contributed by atoms with E-state index in [1.165, 1.54) is 0 Å². The van der Waals surface area contributed by atoms with E-state index < -0.39 is 0 Å². The molecule has 0 bridgehead atoms. The van der Waals surface area contributed by atoms with Crippen LogP contribution in [0, 0.1) is 13.8 Å². The topological polar surface area (TPSA) is 59.0 Å². The van der Waals surface area contributed by atoms with Crippen LogP contribution < -0.4 is 10.6 Å². The molecule has 112 valence electrons. The van der Waals surface area contributed by atoms with E-state index in [2.05, 4.69) is 15.7 Å². The Bertz CT molecular complexity index is 624. The number of rotatable bonds is 5. The van der Waals surface area contributed by atoms with Crippen LogP contribution in [0.5, 0.6) is 0 Å². The third-order valence-corrected chi connectivity index (χ3v) is 3.39. The Morgan fingerprint density at radius 1 is 1.33 bits per heavy atom. The molecule has 1 heterocycles. The minimum absolute atomic E-state index is 0.253. The summed E-state index contributed by atoms with van der Waals surface area (Å²) in [6.45, 7) is 5.36. The van der Waals surface area contributed by atoms with E-state index in [0.29, 0.717) is 17.3 Å². The number of nitrogens with zero attached hydrogens (tertiary/aromatic N) is 2. The Morgan fingerprint density at radius 3 is 2.76 bits per heavy atom. The summed E-state index contributed by atoms with van der Waals surface area (Å²) in [7, 11) is 0. The number of urea groups is 1. The van der Waals surface area contributed by atoms with Crippen molar-refractivity contribution in [2.24, 2.45) is 0 Å². The Kier molecular flexibility index (Phi) is 5.22. The van der Waals surface area contributed by atoms with Crippen molar-refractivity contribution in [2.45, 2.75) is 26.8 Å². The molecule has 0 fully saturated rings. The molecular formula is C15H19ClN4O. The van der Waals surface area contributed by atoms with E-state index in [4.69, 9.17) is 11.6 Å². The van der Waals surface area contributed by atoms with Crippen LogP contribution in [0.1, 0.15) is 17.8 Å². The Hall–Kier alpha value is -2.01. The minimum Gasteiger partial charge on any atom is -0.338 e. The highest BCUT2D eigenvalue weighted by Gasteiger charge is 2.04. The molecule has 0 radical (unpaired) electrons. The molecule has 0 spiro atoms. The largest absolute Gasteiger partial charge is 0.338 e. The van der Waals surface area contributed by atoms with Gasteiger partial charge in [-0.3, -0.25) is 4.68 Å². The second-order valence-corrected chi connectivity index (χ2v) is 5.27. The molecule has 5 nitrogen and oxygen atoms in total. The summed E-state index contributed by atoms with van der Waals surface area (Å²) in [5, 5.41) is 10.4. The molecule has 2 rings (SSSR count). The quantitative estimate of drug-likeness (QED) is 0.832. The third kappa shape index (κ3) is 4.49. The summed E-state index contributed by atoms with van der Waals surface area (Å²) < 4.78 is 1.95. The number of aromatic nitrogens is 2. The van der Waals surface area contributed by atoms with Crippen molar-refractivity contribution >= 4 is 23.3 Å². The van der Waals surface area contributed by atoms with Crippen molar-refractivity contribution in [3.63, 3.8) is 0 Å². The van der Waals surface area contributed by atoms with Crippen molar-refractivity contribution in [2.75, 3.05) is 11.9 Å². The summed E-state index contributed by atoms with van der Waals surface area (Å²) in [5.41, 5.74) is 2.75. The second kappa shape index (κ2) is 7.13. The number of hydrogen-bond acceptors (Lipinski definition) is 2. The van der Waals surface area contributed by atoms with E-state index in [9.17, 15) is 4.79 Å². The van der Waals surface area contributed by atoms with Crippen LogP contribution in [-0.4, -0.2) is 22.4 Å². The number of carbonyl (C=O) groups excluding carboxylic acids is 1. The molecule has 1 aromatic heterocycles. The molecule has 0 aliphatic heterocycles. The molecule has 0 unspecified atom stereocenters. The second-order valence-electron chi connectivity index (χ2n) is 4.86. The van der Waals surface area contributed by atoms with Gasteiger partial charge < -0.3 is 10.6 Å². The monoisotopic (exact) mass is 306 g/mol. The lowest BCUT2D eigenvalue weighted by Gasteiger charge is -2.09. The maximum atomic E-state index is 11.7. The number of amides is 2. The number of benzene rings is 1. The first-order chi connectivity index (χ1) is 10.1. The van der Waals surface area contributed by atoms with E-state index in [0.717, 1.165) is 24.4 Å². The third-order valence-electron chi connectivity index (χ3n) is 3.06. The predicted molar refractivity (Wildman–Crippen MR) is 84.8 cm³/mol. The van der Waals surface area contributed by atoms with Gasteiger partial charge in [-0.05, 0) is 38.5 Å². The Labute approximate surface area is 129 Å². The fraction of sp³-hybridized carbons (Fsp3) is 0.333. The van der Waals surface area contributed by atoms with Gasteiger partial charge >= 0.3 is 6.03 Å². The summed E-state index contributed by atoms with van der Waals surface area (Å²) in [4.78, 5) is 11.7. The van der Waals surface area contributed by atoms with Gasteiger partial charge in [0.15, 0.2) is 0 Å². The molecule has 0 aliphatic rings. The van der Waals surface area contributed by atoms with Gasteiger partial charge in [0.2, 0.25) is 0 Å². The first-order valence-corrected chi connectivity index (χ1v) is 7.24. The first kappa shape index (κ1) is 15.4. The van der Waals surface area contributed by atoms with Crippen molar-refractivity contribution < 1.29 is 4.79 Å². The number of aryl methyl sites for hydroxylation is 3. The van der Waals surface area contributed by atoms with Crippen molar-refractivity contribution in [1.82, 2.24) is 15.1 Å². The molecule has 0 atom stereocenters. The number of para-hydroxylation sites is 1. The maximum Gasteiger partial charge on any atom is 0.319 e. The molecular weight excluding hydrogens is 288 g/mol.